The highest BCUT2D eigenvalue weighted by atomic mass is 16.6. The van der Waals surface area contributed by atoms with Crippen LogP contribution in [0.5, 0.6) is 0 Å². The van der Waals surface area contributed by atoms with E-state index in [4.69, 9.17) is 10.5 Å². The first kappa shape index (κ1) is 13.6. The number of carbonyl (C=O) groups excluding carboxylic acids is 1. The van der Waals surface area contributed by atoms with Gasteiger partial charge < -0.3 is 20.8 Å². The highest BCUT2D eigenvalue weighted by Crippen LogP contribution is 2.06. The number of H-pyrrole nitrogens is 1. The molecule has 0 aromatic carbocycles. The minimum absolute atomic E-state index is 0.113. The third-order valence-corrected chi connectivity index (χ3v) is 2.07. The van der Waals surface area contributed by atoms with Crippen molar-refractivity contribution in [2.75, 3.05) is 6.54 Å². The van der Waals surface area contributed by atoms with Crippen LogP contribution in [-0.2, 0) is 11.2 Å². The first-order valence-corrected chi connectivity index (χ1v) is 5.71. The number of aromatic amines is 1. The van der Waals surface area contributed by atoms with E-state index in [1.807, 2.05) is 39.2 Å². The molecule has 0 fully saturated rings. The summed E-state index contributed by atoms with van der Waals surface area (Å²) in [6, 6.07) is 1.85. The van der Waals surface area contributed by atoms with Crippen molar-refractivity contribution in [2.45, 2.75) is 38.8 Å². The normalized spacial score (nSPS) is 13.2. The zero-order valence-corrected chi connectivity index (χ0v) is 10.6. The quantitative estimate of drug-likeness (QED) is 0.743. The maximum Gasteiger partial charge on any atom is 0.407 e. The molecule has 0 aliphatic carbocycles. The topological polar surface area (TPSA) is 80.1 Å². The standard InChI is InChI=1S/C12H21N3O2/c1-12(2,3)17-11(16)15-8-10(13)6-9-4-5-14-7-9/h4-5,7,10,14H,6,8,13H2,1-3H3,(H,15,16). The van der Waals surface area contributed by atoms with Gasteiger partial charge in [-0.2, -0.15) is 0 Å². The first-order valence-electron chi connectivity index (χ1n) is 5.71. The Morgan fingerprint density at radius 3 is 2.82 bits per heavy atom. The van der Waals surface area contributed by atoms with Crippen LogP contribution in [0.3, 0.4) is 0 Å². The van der Waals surface area contributed by atoms with Crippen molar-refractivity contribution in [3.8, 4) is 0 Å². The van der Waals surface area contributed by atoms with Crippen molar-refractivity contribution in [3.05, 3.63) is 24.0 Å². The minimum atomic E-state index is -0.477. The summed E-state index contributed by atoms with van der Waals surface area (Å²) in [6.45, 7) is 5.88. The monoisotopic (exact) mass is 239 g/mol. The fourth-order valence-corrected chi connectivity index (χ4v) is 1.39. The van der Waals surface area contributed by atoms with E-state index >= 15 is 0 Å². The molecule has 1 amide bonds. The molecule has 1 unspecified atom stereocenters. The molecule has 0 saturated heterocycles. The second kappa shape index (κ2) is 5.72. The van der Waals surface area contributed by atoms with Crippen LogP contribution in [0, 0.1) is 0 Å². The molecule has 1 aromatic heterocycles. The predicted molar refractivity (Wildman–Crippen MR) is 66.7 cm³/mol. The van der Waals surface area contributed by atoms with Crippen molar-refractivity contribution in [1.82, 2.24) is 10.3 Å². The molecule has 0 saturated carbocycles. The Morgan fingerprint density at radius 1 is 1.59 bits per heavy atom. The summed E-state index contributed by atoms with van der Waals surface area (Å²) in [5.74, 6) is 0. The van der Waals surface area contributed by atoms with Gasteiger partial charge >= 0.3 is 6.09 Å². The van der Waals surface area contributed by atoms with Crippen LogP contribution in [0.1, 0.15) is 26.3 Å². The number of carbonyl (C=O) groups is 1. The largest absolute Gasteiger partial charge is 0.444 e. The van der Waals surface area contributed by atoms with E-state index in [-0.39, 0.29) is 6.04 Å². The number of aromatic nitrogens is 1. The maximum absolute atomic E-state index is 11.4. The summed E-state index contributed by atoms with van der Waals surface area (Å²) in [5.41, 5.74) is 6.54. The van der Waals surface area contributed by atoms with E-state index in [0.717, 1.165) is 12.0 Å². The molecule has 17 heavy (non-hydrogen) atoms. The second-order valence-electron chi connectivity index (χ2n) is 5.07. The van der Waals surface area contributed by atoms with Crippen LogP contribution < -0.4 is 11.1 Å². The average molecular weight is 239 g/mol. The van der Waals surface area contributed by atoms with Crippen molar-refractivity contribution >= 4 is 6.09 Å². The Labute approximate surface area is 102 Å². The van der Waals surface area contributed by atoms with Gasteiger partial charge in [0.1, 0.15) is 5.60 Å². The highest BCUT2D eigenvalue weighted by molar-refractivity contribution is 5.67. The Hall–Kier alpha value is -1.49. The number of hydrogen-bond acceptors (Lipinski definition) is 3. The van der Waals surface area contributed by atoms with Gasteiger partial charge in [0.05, 0.1) is 0 Å². The average Bonchev–Trinajstić information content (AvgIpc) is 2.64. The van der Waals surface area contributed by atoms with E-state index in [0.29, 0.717) is 6.54 Å². The minimum Gasteiger partial charge on any atom is -0.444 e. The zero-order valence-electron chi connectivity index (χ0n) is 10.6. The van der Waals surface area contributed by atoms with E-state index in [1.165, 1.54) is 0 Å². The summed E-state index contributed by atoms with van der Waals surface area (Å²) in [5, 5.41) is 2.66. The van der Waals surface area contributed by atoms with Crippen LogP contribution in [0.25, 0.3) is 0 Å². The van der Waals surface area contributed by atoms with Gasteiger partial charge in [0.2, 0.25) is 0 Å². The smallest absolute Gasteiger partial charge is 0.407 e. The SMILES string of the molecule is CC(C)(C)OC(=O)NCC(N)Cc1cc[nH]c1. The lowest BCUT2D eigenvalue weighted by Gasteiger charge is -2.20. The lowest BCUT2D eigenvalue weighted by Crippen LogP contribution is -2.41. The van der Waals surface area contributed by atoms with Gasteiger partial charge in [0, 0.05) is 25.0 Å². The number of nitrogens with one attached hydrogen (secondary N) is 2. The Morgan fingerprint density at radius 2 is 2.29 bits per heavy atom. The summed E-state index contributed by atoms with van der Waals surface area (Å²) in [6.07, 6.45) is 4.04. The molecule has 0 radical (unpaired) electrons. The molecule has 0 spiro atoms. The van der Waals surface area contributed by atoms with Crippen LogP contribution in [0.4, 0.5) is 4.79 Å². The maximum atomic E-state index is 11.4. The number of rotatable bonds is 4. The van der Waals surface area contributed by atoms with Crippen molar-refractivity contribution in [3.63, 3.8) is 0 Å². The Balaban J connectivity index is 2.24. The second-order valence-corrected chi connectivity index (χ2v) is 5.07. The number of amides is 1. The van der Waals surface area contributed by atoms with E-state index in [1.54, 1.807) is 0 Å². The fourth-order valence-electron chi connectivity index (χ4n) is 1.39. The van der Waals surface area contributed by atoms with Crippen molar-refractivity contribution in [1.29, 1.82) is 0 Å². The summed E-state index contributed by atoms with van der Waals surface area (Å²) in [4.78, 5) is 14.3. The molecule has 0 bridgehead atoms. The van der Waals surface area contributed by atoms with Crippen molar-refractivity contribution < 1.29 is 9.53 Å². The lowest BCUT2D eigenvalue weighted by molar-refractivity contribution is 0.0524. The van der Waals surface area contributed by atoms with E-state index in [2.05, 4.69) is 10.3 Å². The molecule has 1 aromatic rings. The molecule has 96 valence electrons. The molecule has 4 N–H and O–H groups in total. The predicted octanol–water partition coefficient (Wildman–Crippen LogP) is 1.41. The van der Waals surface area contributed by atoms with Gasteiger partial charge in [-0.15, -0.1) is 0 Å². The molecule has 5 nitrogen and oxygen atoms in total. The van der Waals surface area contributed by atoms with Crippen LogP contribution in [0.15, 0.2) is 18.5 Å². The first-order chi connectivity index (χ1) is 7.87. The van der Waals surface area contributed by atoms with Gasteiger partial charge in [-0.25, -0.2) is 4.79 Å². The summed E-state index contributed by atoms with van der Waals surface area (Å²) >= 11 is 0. The Bertz CT molecular complexity index is 341. The number of alkyl carbamates (subject to hydrolysis) is 1. The molecular weight excluding hydrogens is 218 g/mol. The Kier molecular flexibility index (Phi) is 4.57. The van der Waals surface area contributed by atoms with Gasteiger partial charge in [-0.1, -0.05) is 0 Å². The van der Waals surface area contributed by atoms with E-state index < -0.39 is 11.7 Å². The van der Waals surface area contributed by atoms with E-state index in [9.17, 15) is 4.79 Å². The number of hydrogen-bond donors (Lipinski definition) is 3. The molecule has 0 aliphatic rings. The molecular formula is C12H21N3O2. The van der Waals surface area contributed by atoms with Gasteiger partial charge in [-0.3, -0.25) is 0 Å². The summed E-state index contributed by atoms with van der Waals surface area (Å²) in [7, 11) is 0. The molecule has 1 heterocycles. The molecule has 1 rings (SSSR count). The third-order valence-electron chi connectivity index (χ3n) is 2.07. The van der Waals surface area contributed by atoms with Crippen LogP contribution in [-0.4, -0.2) is 29.3 Å². The van der Waals surface area contributed by atoms with Gasteiger partial charge in [-0.05, 0) is 38.8 Å². The molecule has 1 atom stereocenters. The number of ether oxygens (including phenoxy) is 1. The highest BCUT2D eigenvalue weighted by Gasteiger charge is 2.16. The molecule has 5 heteroatoms. The third kappa shape index (κ3) is 5.97. The van der Waals surface area contributed by atoms with Gasteiger partial charge in [0.15, 0.2) is 0 Å². The van der Waals surface area contributed by atoms with Gasteiger partial charge in [0.25, 0.3) is 0 Å². The number of nitrogens with two attached hydrogens (primary N) is 1. The van der Waals surface area contributed by atoms with Crippen LogP contribution >= 0.6 is 0 Å². The molecule has 0 aliphatic heterocycles. The zero-order chi connectivity index (χ0) is 12.9. The van der Waals surface area contributed by atoms with Crippen molar-refractivity contribution in [2.24, 2.45) is 5.73 Å². The fraction of sp³-hybridized carbons (Fsp3) is 0.583. The summed E-state index contributed by atoms with van der Waals surface area (Å²) < 4.78 is 5.11. The van der Waals surface area contributed by atoms with Crippen LogP contribution in [0.2, 0.25) is 0 Å². The lowest BCUT2D eigenvalue weighted by atomic mass is 10.1.